The lowest BCUT2D eigenvalue weighted by atomic mass is 9.93. The SMILES string of the molecule is CC1=NCC(Cn2c(CN3CCC(c4cccc(OCc5ccc(C#N)cc5F)n4)CC3)nc3ccc(C(=O)O)cc32)O1. The van der Waals surface area contributed by atoms with E-state index in [1.807, 2.05) is 25.1 Å². The minimum atomic E-state index is -0.973. The maximum absolute atomic E-state index is 14.3. The zero-order chi connectivity index (χ0) is 29.9. The highest BCUT2D eigenvalue weighted by atomic mass is 19.1. The van der Waals surface area contributed by atoms with Crippen LogP contribution in [0.1, 0.15) is 58.7 Å². The predicted octanol–water partition coefficient (Wildman–Crippen LogP) is 4.92. The highest BCUT2D eigenvalue weighted by molar-refractivity contribution is 5.92. The third-order valence-electron chi connectivity index (χ3n) is 7.99. The standard InChI is InChI=1S/C32H31FN6O4/c1-20-35-16-25(43-20)17-39-29-14-23(32(40)41)7-8-28(29)36-30(39)18-38-11-9-22(10-12-38)27-3-2-4-31(37-27)42-19-24-6-5-21(15-34)13-26(24)33/h2-8,13-14,22,25H,9-12,16-19H2,1H3,(H,40,41). The van der Waals surface area contributed by atoms with Crippen LogP contribution in [0.15, 0.2) is 59.6 Å². The van der Waals surface area contributed by atoms with Gasteiger partial charge in [0.1, 0.15) is 24.4 Å². The summed E-state index contributed by atoms with van der Waals surface area (Å²) in [6.45, 7) is 5.29. The molecule has 0 saturated carbocycles. The lowest BCUT2D eigenvalue weighted by molar-refractivity contribution is 0.0697. The zero-order valence-electron chi connectivity index (χ0n) is 23.7. The fourth-order valence-electron chi connectivity index (χ4n) is 5.69. The van der Waals surface area contributed by atoms with Gasteiger partial charge in [0.2, 0.25) is 5.88 Å². The number of piperidine rings is 1. The van der Waals surface area contributed by atoms with Crippen LogP contribution in [0.25, 0.3) is 11.0 Å². The first-order chi connectivity index (χ1) is 20.9. The number of carboxylic acids is 1. The fraction of sp³-hybridized carbons (Fsp3) is 0.344. The summed E-state index contributed by atoms with van der Waals surface area (Å²) >= 11 is 0. The Morgan fingerprint density at radius 2 is 2.00 bits per heavy atom. The lowest BCUT2D eigenvalue weighted by Crippen LogP contribution is -2.34. The Hall–Kier alpha value is -4.82. The minimum Gasteiger partial charge on any atom is -0.478 e. The van der Waals surface area contributed by atoms with Gasteiger partial charge in [0.15, 0.2) is 5.90 Å². The number of benzene rings is 2. The Kier molecular flexibility index (Phi) is 8.03. The van der Waals surface area contributed by atoms with Gasteiger partial charge in [0.05, 0.1) is 47.9 Å². The molecule has 2 aromatic heterocycles. The number of nitrogens with zero attached hydrogens (tertiary/aromatic N) is 6. The maximum Gasteiger partial charge on any atom is 0.335 e. The van der Waals surface area contributed by atoms with Crippen LogP contribution in [0.5, 0.6) is 5.88 Å². The van der Waals surface area contributed by atoms with Crippen molar-refractivity contribution >= 4 is 22.9 Å². The topological polar surface area (TPSA) is 126 Å². The molecule has 1 unspecified atom stereocenters. The van der Waals surface area contributed by atoms with E-state index >= 15 is 0 Å². The average Bonchev–Trinajstić information content (AvgIpc) is 3.58. The highest BCUT2D eigenvalue weighted by Gasteiger charge is 2.26. The zero-order valence-corrected chi connectivity index (χ0v) is 23.7. The van der Waals surface area contributed by atoms with Gasteiger partial charge in [0.25, 0.3) is 0 Å². The van der Waals surface area contributed by atoms with E-state index in [-0.39, 0.29) is 29.8 Å². The molecule has 1 N–H and O–H groups in total. The quantitative estimate of drug-likeness (QED) is 0.295. The van der Waals surface area contributed by atoms with Gasteiger partial charge in [-0.15, -0.1) is 0 Å². The van der Waals surface area contributed by atoms with Crippen LogP contribution in [0.4, 0.5) is 4.39 Å². The Morgan fingerprint density at radius 1 is 1.16 bits per heavy atom. The van der Waals surface area contributed by atoms with Crippen LogP contribution in [0.2, 0.25) is 0 Å². The van der Waals surface area contributed by atoms with Crippen molar-refractivity contribution in [3.63, 3.8) is 0 Å². The van der Waals surface area contributed by atoms with Crippen molar-refractivity contribution in [3.05, 3.63) is 88.6 Å². The fourth-order valence-corrected chi connectivity index (χ4v) is 5.69. The molecule has 2 aromatic carbocycles. The summed E-state index contributed by atoms with van der Waals surface area (Å²) in [5.41, 5.74) is 3.34. The van der Waals surface area contributed by atoms with Crippen LogP contribution in [-0.4, -0.2) is 62.1 Å². The number of nitriles is 1. The number of hydrogen-bond acceptors (Lipinski definition) is 8. The van der Waals surface area contributed by atoms with Crippen molar-refractivity contribution in [1.29, 1.82) is 5.26 Å². The van der Waals surface area contributed by atoms with Gasteiger partial charge < -0.3 is 19.1 Å². The molecule has 2 aliphatic heterocycles. The smallest absolute Gasteiger partial charge is 0.335 e. The highest BCUT2D eigenvalue weighted by Crippen LogP contribution is 2.30. The number of aromatic nitrogens is 3. The summed E-state index contributed by atoms with van der Waals surface area (Å²) in [5.74, 6) is 0.778. The number of carboxylic acid groups (broad SMARTS) is 1. The van der Waals surface area contributed by atoms with Crippen LogP contribution in [-0.2, 0) is 24.4 Å². The predicted molar refractivity (Wildman–Crippen MR) is 156 cm³/mol. The van der Waals surface area contributed by atoms with Gasteiger partial charge in [-0.3, -0.25) is 9.89 Å². The van der Waals surface area contributed by atoms with E-state index in [2.05, 4.69) is 14.5 Å². The van der Waals surface area contributed by atoms with E-state index in [9.17, 15) is 14.3 Å². The Bertz CT molecular complexity index is 1740. The van der Waals surface area contributed by atoms with Crippen LogP contribution in [0, 0.1) is 17.1 Å². The number of rotatable bonds is 9. The molecule has 6 rings (SSSR count). The molecule has 0 aliphatic carbocycles. The van der Waals surface area contributed by atoms with E-state index in [0.29, 0.717) is 37.0 Å². The van der Waals surface area contributed by atoms with Gasteiger partial charge in [-0.1, -0.05) is 12.1 Å². The van der Waals surface area contributed by atoms with Crippen molar-refractivity contribution in [1.82, 2.24) is 19.4 Å². The second-order valence-electron chi connectivity index (χ2n) is 10.9. The normalized spacial score (nSPS) is 17.4. The van der Waals surface area contributed by atoms with Crippen LogP contribution < -0.4 is 4.74 Å². The summed E-state index contributed by atoms with van der Waals surface area (Å²) in [6.07, 6.45) is 1.69. The first-order valence-corrected chi connectivity index (χ1v) is 14.3. The number of halogens is 1. The summed E-state index contributed by atoms with van der Waals surface area (Å²) in [5, 5.41) is 18.5. The van der Waals surface area contributed by atoms with Crippen molar-refractivity contribution in [2.75, 3.05) is 19.6 Å². The Labute approximate surface area is 248 Å². The number of aliphatic imine (C=N–C) groups is 1. The third-order valence-corrected chi connectivity index (χ3v) is 7.99. The summed E-state index contributed by atoms with van der Waals surface area (Å²) in [6, 6.07) is 17.0. The van der Waals surface area contributed by atoms with Crippen molar-refractivity contribution in [2.45, 2.75) is 51.5 Å². The molecule has 0 spiro atoms. The Morgan fingerprint density at radius 3 is 2.72 bits per heavy atom. The number of ether oxygens (including phenoxy) is 2. The molecule has 0 bridgehead atoms. The van der Waals surface area contributed by atoms with E-state index in [1.165, 1.54) is 6.07 Å². The molecule has 43 heavy (non-hydrogen) atoms. The largest absolute Gasteiger partial charge is 0.478 e. The number of carbonyl (C=O) groups is 1. The number of aromatic carboxylic acids is 1. The number of pyridine rings is 1. The molecule has 4 heterocycles. The van der Waals surface area contributed by atoms with Crippen LogP contribution >= 0.6 is 0 Å². The molecule has 11 heteroatoms. The first kappa shape index (κ1) is 28.3. The van der Waals surface area contributed by atoms with Gasteiger partial charge in [-0.2, -0.15) is 5.26 Å². The molecule has 4 aromatic rings. The van der Waals surface area contributed by atoms with Crippen molar-refractivity contribution in [2.24, 2.45) is 4.99 Å². The summed E-state index contributed by atoms with van der Waals surface area (Å²) in [4.78, 5) is 28.0. The maximum atomic E-state index is 14.3. The molecule has 1 saturated heterocycles. The molecular formula is C32H31FN6O4. The molecule has 0 radical (unpaired) electrons. The van der Waals surface area contributed by atoms with Gasteiger partial charge in [0, 0.05) is 30.2 Å². The van der Waals surface area contributed by atoms with E-state index < -0.39 is 11.8 Å². The molecule has 10 nitrogen and oxygen atoms in total. The second-order valence-corrected chi connectivity index (χ2v) is 10.9. The van der Waals surface area contributed by atoms with E-state index in [4.69, 9.17) is 24.7 Å². The molecule has 0 amide bonds. The lowest BCUT2D eigenvalue weighted by Gasteiger charge is -2.31. The van der Waals surface area contributed by atoms with Crippen LogP contribution in [0.3, 0.4) is 0 Å². The monoisotopic (exact) mass is 582 g/mol. The van der Waals surface area contributed by atoms with E-state index in [0.717, 1.165) is 48.5 Å². The molecule has 2 aliphatic rings. The molecule has 220 valence electrons. The number of hydrogen-bond donors (Lipinski definition) is 1. The van der Waals surface area contributed by atoms with Crippen molar-refractivity contribution in [3.8, 4) is 11.9 Å². The first-order valence-electron chi connectivity index (χ1n) is 14.3. The van der Waals surface area contributed by atoms with Gasteiger partial charge >= 0.3 is 5.97 Å². The molecule has 1 atom stereocenters. The average molecular weight is 583 g/mol. The minimum absolute atomic E-state index is 0.0268. The molecular weight excluding hydrogens is 551 g/mol. The second kappa shape index (κ2) is 12.2. The summed E-state index contributed by atoms with van der Waals surface area (Å²) < 4.78 is 28.0. The number of fused-ring (bicyclic) bond motifs is 1. The number of imidazole rings is 1. The van der Waals surface area contributed by atoms with Gasteiger partial charge in [-0.05, 0) is 62.3 Å². The third kappa shape index (κ3) is 6.34. The Balaban J connectivity index is 1.11. The molecule has 1 fully saturated rings. The van der Waals surface area contributed by atoms with Gasteiger partial charge in [-0.25, -0.2) is 19.2 Å². The summed E-state index contributed by atoms with van der Waals surface area (Å²) in [7, 11) is 0. The number of likely N-dealkylation sites (tertiary alicyclic amines) is 1. The van der Waals surface area contributed by atoms with Crippen molar-refractivity contribution < 1.29 is 23.8 Å². The van der Waals surface area contributed by atoms with E-state index in [1.54, 1.807) is 36.4 Å².